The fourth-order valence-corrected chi connectivity index (χ4v) is 5.83. The maximum Gasteiger partial charge on any atom is 0.335 e. The van der Waals surface area contributed by atoms with Crippen LogP contribution in [0.4, 0.5) is 5.82 Å². The lowest BCUT2D eigenvalue weighted by Gasteiger charge is -2.35. The van der Waals surface area contributed by atoms with Crippen molar-refractivity contribution in [1.29, 1.82) is 5.26 Å². The Balaban J connectivity index is 1.29. The van der Waals surface area contributed by atoms with E-state index in [-0.39, 0.29) is 41.6 Å². The number of fused-ring (bicyclic) bond motifs is 1. The predicted octanol–water partition coefficient (Wildman–Crippen LogP) is 3.34. The summed E-state index contributed by atoms with van der Waals surface area (Å²) in [6.07, 6.45) is 4.31. The number of hydrogen-bond acceptors (Lipinski definition) is 9. The quantitative estimate of drug-likeness (QED) is 0.231. The number of nitriles is 1. The number of para-hydroxylation sites is 1. The number of anilines is 1. The summed E-state index contributed by atoms with van der Waals surface area (Å²) in [5.41, 5.74) is 6.80. The molecule has 226 valence electrons. The first kappa shape index (κ1) is 29.1. The Morgan fingerprint density at radius 1 is 1.14 bits per heavy atom. The highest BCUT2D eigenvalue weighted by molar-refractivity contribution is 5.97. The van der Waals surface area contributed by atoms with Crippen molar-refractivity contribution in [2.75, 3.05) is 32.0 Å². The molecule has 1 unspecified atom stereocenters. The van der Waals surface area contributed by atoms with Crippen molar-refractivity contribution in [3.8, 4) is 23.3 Å². The number of hydrogen-bond donors (Lipinski definition) is 2. The third kappa shape index (κ3) is 5.79. The number of nitrogens with zero attached hydrogens (tertiary/aromatic N) is 6. The van der Waals surface area contributed by atoms with Crippen LogP contribution in [0, 0.1) is 11.3 Å². The van der Waals surface area contributed by atoms with Gasteiger partial charge in [0, 0.05) is 18.6 Å². The van der Waals surface area contributed by atoms with Crippen molar-refractivity contribution < 1.29 is 14.3 Å². The summed E-state index contributed by atoms with van der Waals surface area (Å²) in [6, 6.07) is 18.4. The van der Waals surface area contributed by atoms with Crippen LogP contribution in [0.25, 0.3) is 16.9 Å². The number of nitrogen functional groups attached to an aromatic ring is 1. The smallest absolute Gasteiger partial charge is 0.335 e. The molecule has 0 saturated carbocycles. The minimum Gasteiger partial charge on any atom is -0.457 e. The molecule has 2 aliphatic heterocycles. The first-order chi connectivity index (χ1) is 21.2. The zero-order chi connectivity index (χ0) is 30.8. The largest absolute Gasteiger partial charge is 0.457 e. The SMILES string of the molecule is CC(C)(C=C(C#N)C(=O)N1CCCC(n2c(=O)n(-c3ccc(Oc4ccccc4)cc3)c3c(N)ncnc32)C1)NC1COC1. The Morgan fingerprint density at radius 3 is 2.55 bits per heavy atom. The van der Waals surface area contributed by atoms with Gasteiger partial charge < -0.3 is 25.4 Å². The molecule has 6 rings (SSSR count). The fraction of sp³-hybridized carbons (Fsp3) is 0.344. The summed E-state index contributed by atoms with van der Waals surface area (Å²) in [7, 11) is 0. The van der Waals surface area contributed by atoms with Crippen LogP contribution < -0.4 is 21.5 Å². The molecular formula is C32H34N8O4. The number of likely N-dealkylation sites (tertiary alicyclic amines) is 1. The molecule has 12 heteroatoms. The Hall–Kier alpha value is -4.99. The molecule has 0 spiro atoms. The molecule has 0 bridgehead atoms. The van der Waals surface area contributed by atoms with E-state index in [4.69, 9.17) is 15.2 Å². The summed E-state index contributed by atoms with van der Waals surface area (Å²) >= 11 is 0. The number of carbonyl (C=O) groups excluding carboxylic acids is 1. The van der Waals surface area contributed by atoms with Crippen molar-refractivity contribution in [2.45, 2.75) is 44.3 Å². The Bertz CT molecular complexity index is 1800. The second-order valence-electron chi connectivity index (χ2n) is 11.6. The van der Waals surface area contributed by atoms with Gasteiger partial charge in [0.25, 0.3) is 5.91 Å². The van der Waals surface area contributed by atoms with E-state index in [1.165, 1.54) is 10.9 Å². The molecule has 2 aliphatic rings. The van der Waals surface area contributed by atoms with Crippen molar-refractivity contribution >= 4 is 22.9 Å². The molecule has 3 N–H and O–H groups in total. The molecule has 2 saturated heterocycles. The van der Waals surface area contributed by atoms with Crippen LogP contribution in [0.5, 0.6) is 11.5 Å². The second kappa shape index (κ2) is 11.9. The third-order valence-corrected chi connectivity index (χ3v) is 7.87. The number of nitrogens with two attached hydrogens (primary N) is 1. The highest BCUT2D eigenvalue weighted by Gasteiger charge is 2.32. The van der Waals surface area contributed by atoms with Crippen LogP contribution in [0.1, 0.15) is 32.7 Å². The highest BCUT2D eigenvalue weighted by Crippen LogP contribution is 2.29. The van der Waals surface area contributed by atoms with Crippen LogP contribution >= 0.6 is 0 Å². The lowest BCUT2D eigenvalue weighted by molar-refractivity contribution is -0.128. The van der Waals surface area contributed by atoms with E-state index in [0.717, 1.165) is 0 Å². The van der Waals surface area contributed by atoms with Gasteiger partial charge in [-0.1, -0.05) is 18.2 Å². The van der Waals surface area contributed by atoms with Gasteiger partial charge in [0.1, 0.15) is 35.0 Å². The normalized spacial score (nSPS) is 17.7. The molecule has 4 aromatic rings. The number of ether oxygens (including phenoxy) is 2. The molecular weight excluding hydrogens is 560 g/mol. The van der Waals surface area contributed by atoms with Gasteiger partial charge in [0.05, 0.1) is 31.0 Å². The topological polar surface area (TPSA) is 153 Å². The molecule has 2 aromatic heterocycles. The molecule has 44 heavy (non-hydrogen) atoms. The first-order valence-corrected chi connectivity index (χ1v) is 14.6. The van der Waals surface area contributed by atoms with E-state index < -0.39 is 5.54 Å². The minimum absolute atomic E-state index is 0.0579. The molecule has 4 heterocycles. The summed E-state index contributed by atoms with van der Waals surface area (Å²) in [5, 5.41) is 13.3. The van der Waals surface area contributed by atoms with Crippen LogP contribution in [-0.2, 0) is 9.53 Å². The van der Waals surface area contributed by atoms with Gasteiger partial charge in [-0.15, -0.1) is 0 Å². The number of piperidine rings is 1. The molecule has 2 aromatic carbocycles. The highest BCUT2D eigenvalue weighted by atomic mass is 16.5. The van der Waals surface area contributed by atoms with Crippen molar-refractivity contribution in [1.82, 2.24) is 29.3 Å². The number of amides is 1. The number of aromatic nitrogens is 4. The Kier molecular flexibility index (Phi) is 7.90. The third-order valence-electron chi connectivity index (χ3n) is 7.87. The van der Waals surface area contributed by atoms with E-state index in [1.54, 1.807) is 39.8 Å². The fourth-order valence-electron chi connectivity index (χ4n) is 5.83. The molecule has 0 radical (unpaired) electrons. The van der Waals surface area contributed by atoms with Crippen LogP contribution in [0.3, 0.4) is 0 Å². The van der Waals surface area contributed by atoms with Gasteiger partial charge in [-0.3, -0.25) is 13.9 Å². The predicted molar refractivity (Wildman–Crippen MR) is 164 cm³/mol. The lowest BCUT2D eigenvalue weighted by atomic mass is 9.98. The Morgan fingerprint density at radius 2 is 1.86 bits per heavy atom. The molecule has 12 nitrogen and oxygen atoms in total. The van der Waals surface area contributed by atoms with E-state index in [2.05, 4.69) is 21.4 Å². The van der Waals surface area contributed by atoms with E-state index >= 15 is 0 Å². The maximum atomic E-state index is 14.1. The van der Waals surface area contributed by atoms with Gasteiger partial charge in [0.2, 0.25) is 0 Å². The van der Waals surface area contributed by atoms with Crippen molar-refractivity contribution in [2.24, 2.45) is 0 Å². The second-order valence-corrected chi connectivity index (χ2v) is 11.6. The number of rotatable bonds is 8. The monoisotopic (exact) mass is 594 g/mol. The summed E-state index contributed by atoms with van der Waals surface area (Å²) < 4.78 is 14.2. The van der Waals surface area contributed by atoms with Gasteiger partial charge in [-0.25, -0.2) is 14.8 Å². The zero-order valence-corrected chi connectivity index (χ0v) is 24.6. The molecule has 2 fully saturated rings. The minimum atomic E-state index is -0.579. The molecule has 1 amide bonds. The lowest BCUT2D eigenvalue weighted by Crippen LogP contribution is -2.54. The van der Waals surface area contributed by atoms with Crippen molar-refractivity contribution in [3.05, 3.63) is 83.1 Å². The molecule has 1 atom stereocenters. The maximum absolute atomic E-state index is 14.1. The number of carbonyl (C=O) groups is 1. The van der Waals surface area contributed by atoms with E-state index in [9.17, 15) is 14.9 Å². The average Bonchev–Trinajstić information content (AvgIpc) is 3.31. The number of imidazole rings is 1. The molecule has 0 aliphatic carbocycles. The first-order valence-electron chi connectivity index (χ1n) is 14.6. The zero-order valence-electron chi connectivity index (χ0n) is 24.6. The standard InChI is InChI=1S/C32H34N8O4/c1-32(2,37-22-18-43-19-22)15-21(16-33)30(41)38-14-6-7-24(17-38)40-29-27(28(34)35-20-36-29)39(31(40)42)23-10-12-26(13-11-23)44-25-8-4-3-5-9-25/h3-5,8-13,15,20,22,24,37H,6-7,14,17-19H2,1-2H3,(H2,34,35,36). The van der Waals surface area contributed by atoms with Crippen LogP contribution in [0.15, 0.2) is 77.4 Å². The van der Waals surface area contributed by atoms with Crippen LogP contribution in [0.2, 0.25) is 0 Å². The number of nitrogens with one attached hydrogen (secondary N) is 1. The van der Waals surface area contributed by atoms with Gasteiger partial charge in [0.15, 0.2) is 11.5 Å². The summed E-state index contributed by atoms with van der Waals surface area (Å²) in [5.74, 6) is 1.12. The van der Waals surface area contributed by atoms with Gasteiger partial charge in [-0.05, 0) is 69.2 Å². The van der Waals surface area contributed by atoms with Crippen LogP contribution in [-0.4, -0.2) is 67.8 Å². The average molecular weight is 595 g/mol. The number of benzene rings is 2. The summed E-state index contributed by atoms with van der Waals surface area (Å²) in [4.78, 5) is 37.9. The van der Waals surface area contributed by atoms with Gasteiger partial charge in [-0.2, -0.15) is 5.26 Å². The van der Waals surface area contributed by atoms with E-state index in [1.807, 2.05) is 44.2 Å². The van der Waals surface area contributed by atoms with Gasteiger partial charge >= 0.3 is 5.69 Å². The van der Waals surface area contributed by atoms with Crippen molar-refractivity contribution in [3.63, 3.8) is 0 Å². The Labute approximate surface area is 254 Å². The van der Waals surface area contributed by atoms with E-state index in [0.29, 0.717) is 61.0 Å². The summed E-state index contributed by atoms with van der Waals surface area (Å²) in [6.45, 7) is 5.77.